The first-order valence-corrected chi connectivity index (χ1v) is 6.61. The fourth-order valence-corrected chi connectivity index (χ4v) is 2.12. The number of rotatable bonds is 4. The molecule has 1 fully saturated rings. The topological polar surface area (TPSA) is 35.6 Å². The monoisotopic (exact) mass is 241 g/mol. The summed E-state index contributed by atoms with van der Waals surface area (Å²) in [5.74, 6) is 0.187. The normalized spacial score (nSPS) is 26.2. The second kappa shape index (κ2) is 6.36. The maximum absolute atomic E-state index is 11.8. The van der Waals surface area contributed by atoms with E-state index < -0.39 is 0 Å². The van der Waals surface area contributed by atoms with Crippen LogP contribution in [-0.4, -0.2) is 61.0 Å². The molecule has 4 heteroatoms. The molecule has 0 aromatic rings. The minimum atomic E-state index is 0.187. The number of carbonyl (C=O) groups excluding carboxylic acids is 1. The molecule has 1 rings (SSSR count). The molecule has 1 amide bonds. The van der Waals surface area contributed by atoms with E-state index in [0.717, 1.165) is 19.4 Å². The Kier molecular flexibility index (Phi) is 5.40. The molecule has 0 aliphatic carbocycles. The lowest BCUT2D eigenvalue weighted by molar-refractivity contribution is -0.130. The van der Waals surface area contributed by atoms with E-state index in [4.69, 9.17) is 0 Å². The summed E-state index contributed by atoms with van der Waals surface area (Å²) >= 11 is 0. The third-order valence-corrected chi connectivity index (χ3v) is 3.92. The lowest BCUT2D eigenvalue weighted by Gasteiger charge is -2.35. The highest BCUT2D eigenvalue weighted by molar-refractivity contribution is 5.78. The summed E-state index contributed by atoms with van der Waals surface area (Å²) in [6.45, 7) is 7.91. The van der Waals surface area contributed by atoms with Crippen molar-refractivity contribution < 1.29 is 4.79 Å². The standard InChI is InChI=1S/C13H27N3O/c1-10(2)16(5)13(17)9-14-12-6-7-15(4)11(3)8-12/h10-12,14H,6-9H2,1-5H3. The molecule has 1 aliphatic heterocycles. The number of hydrogen-bond donors (Lipinski definition) is 1. The SMILES string of the molecule is CC1CC(NCC(=O)N(C)C(C)C)CCN1C. The molecule has 17 heavy (non-hydrogen) atoms. The van der Waals surface area contributed by atoms with Gasteiger partial charge in [-0.2, -0.15) is 0 Å². The largest absolute Gasteiger partial charge is 0.342 e. The zero-order valence-electron chi connectivity index (χ0n) is 11.9. The van der Waals surface area contributed by atoms with Crippen molar-refractivity contribution in [2.45, 2.75) is 51.7 Å². The van der Waals surface area contributed by atoms with Crippen LogP contribution in [0.1, 0.15) is 33.6 Å². The number of carbonyl (C=O) groups is 1. The predicted octanol–water partition coefficient (Wildman–Crippen LogP) is 0.926. The Morgan fingerprint density at radius 2 is 2.18 bits per heavy atom. The van der Waals surface area contributed by atoms with Gasteiger partial charge in [-0.15, -0.1) is 0 Å². The van der Waals surface area contributed by atoms with Gasteiger partial charge in [0.15, 0.2) is 0 Å². The fourth-order valence-electron chi connectivity index (χ4n) is 2.12. The summed E-state index contributed by atoms with van der Waals surface area (Å²) in [5, 5.41) is 3.39. The molecule has 0 saturated carbocycles. The maximum Gasteiger partial charge on any atom is 0.236 e. The molecule has 0 aromatic heterocycles. The quantitative estimate of drug-likeness (QED) is 0.795. The van der Waals surface area contributed by atoms with Crippen molar-refractivity contribution >= 4 is 5.91 Å². The van der Waals surface area contributed by atoms with Crippen LogP contribution in [0.5, 0.6) is 0 Å². The van der Waals surface area contributed by atoms with Gasteiger partial charge in [0.1, 0.15) is 0 Å². The molecule has 4 nitrogen and oxygen atoms in total. The average molecular weight is 241 g/mol. The van der Waals surface area contributed by atoms with Gasteiger partial charge in [-0.3, -0.25) is 4.79 Å². The molecule has 100 valence electrons. The van der Waals surface area contributed by atoms with Crippen LogP contribution in [-0.2, 0) is 4.79 Å². The summed E-state index contributed by atoms with van der Waals surface area (Å²) in [4.78, 5) is 16.0. The molecule has 2 unspecified atom stereocenters. The van der Waals surface area contributed by atoms with Crippen LogP contribution in [0.25, 0.3) is 0 Å². The number of amides is 1. The van der Waals surface area contributed by atoms with Gasteiger partial charge >= 0.3 is 0 Å². The van der Waals surface area contributed by atoms with E-state index in [9.17, 15) is 4.79 Å². The van der Waals surface area contributed by atoms with Crippen LogP contribution in [0.2, 0.25) is 0 Å². The number of nitrogens with one attached hydrogen (secondary N) is 1. The lowest BCUT2D eigenvalue weighted by atomic mass is 9.99. The van der Waals surface area contributed by atoms with Gasteiger partial charge in [-0.1, -0.05) is 0 Å². The number of piperidine rings is 1. The van der Waals surface area contributed by atoms with Crippen LogP contribution in [0, 0.1) is 0 Å². The molecule has 0 aromatic carbocycles. The van der Waals surface area contributed by atoms with Crippen molar-refractivity contribution in [3.8, 4) is 0 Å². The Bertz CT molecular complexity index is 255. The summed E-state index contributed by atoms with van der Waals surface area (Å²) in [6.07, 6.45) is 2.27. The van der Waals surface area contributed by atoms with Crippen molar-refractivity contribution in [3.63, 3.8) is 0 Å². The highest BCUT2D eigenvalue weighted by Gasteiger charge is 2.23. The first-order chi connectivity index (χ1) is 7.91. The molecule has 1 N–H and O–H groups in total. The Morgan fingerprint density at radius 1 is 1.53 bits per heavy atom. The Labute approximate surface area is 105 Å². The van der Waals surface area contributed by atoms with E-state index in [1.54, 1.807) is 4.90 Å². The first kappa shape index (κ1) is 14.5. The Balaban J connectivity index is 2.29. The summed E-state index contributed by atoms with van der Waals surface area (Å²) in [6, 6.07) is 1.38. The molecule has 1 saturated heterocycles. The third-order valence-electron chi connectivity index (χ3n) is 3.92. The van der Waals surface area contributed by atoms with E-state index in [1.165, 1.54) is 0 Å². The van der Waals surface area contributed by atoms with Crippen LogP contribution >= 0.6 is 0 Å². The lowest BCUT2D eigenvalue weighted by Crippen LogP contribution is -2.48. The Morgan fingerprint density at radius 3 is 2.71 bits per heavy atom. The minimum absolute atomic E-state index is 0.187. The molecule has 2 atom stereocenters. The Hall–Kier alpha value is -0.610. The maximum atomic E-state index is 11.8. The van der Waals surface area contributed by atoms with E-state index in [2.05, 4.69) is 24.2 Å². The molecule has 0 spiro atoms. The molecular weight excluding hydrogens is 214 g/mol. The zero-order valence-corrected chi connectivity index (χ0v) is 11.9. The van der Waals surface area contributed by atoms with Crippen molar-refractivity contribution in [1.82, 2.24) is 15.1 Å². The molecule has 1 aliphatic rings. The van der Waals surface area contributed by atoms with Gasteiger partial charge in [-0.25, -0.2) is 0 Å². The van der Waals surface area contributed by atoms with Gasteiger partial charge in [0.25, 0.3) is 0 Å². The van der Waals surface area contributed by atoms with Gasteiger partial charge in [0, 0.05) is 25.2 Å². The second-order valence-electron chi connectivity index (χ2n) is 5.53. The smallest absolute Gasteiger partial charge is 0.236 e. The minimum Gasteiger partial charge on any atom is -0.342 e. The number of hydrogen-bond acceptors (Lipinski definition) is 3. The van der Waals surface area contributed by atoms with E-state index in [0.29, 0.717) is 18.6 Å². The van der Waals surface area contributed by atoms with Crippen molar-refractivity contribution in [2.24, 2.45) is 0 Å². The number of likely N-dealkylation sites (tertiary alicyclic amines) is 1. The van der Waals surface area contributed by atoms with Gasteiger partial charge < -0.3 is 15.1 Å². The molecular formula is C13H27N3O. The zero-order chi connectivity index (χ0) is 13.0. The van der Waals surface area contributed by atoms with E-state index >= 15 is 0 Å². The van der Waals surface area contributed by atoms with Crippen molar-refractivity contribution in [2.75, 3.05) is 27.2 Å². The van der Waals surface area contributed by atoms with Gasteiger partial charge in [0.05, 0.1) is 6.54 Å². The first-order valence-electron chi connectivity index (χ1n) is 6.61. The van der Waals surface area contributed by atoms with Crippen LogP contribution in [0.4, 0.5) is 0 Å². The summed E-state index contributed by atoms with van der Waals surface area (Å²) in [7, 11) is 4.03. The third kappa shape index (κ3) is 4.28. The molecule has 0 bridgehead atoms. The van der Waals surface area contributed by atoms with E-state index in [-0.39, 0.29) is 11.9 Å². The van der Waals surface area contributed by atoms with Crippen molar-refractivity contribution in [1.29, 1.82) is 0 Å². The number of nitrogens with zero attached hydrogens (tertiary/aromatic N) is 2. The average Bonchev–Trinajstić information content (AvgIpc) is 2.29. The molecule has 1 heterocycles. The highest BCUT2D eigenvalue weighted by atomic mass is 16.2. The predicted molar refractivity (Wildman–Crippen MR) is 71.0 cm³/mol. The summed E-state index contributed by atoms with van der Waals surface area (Å²) < 4.78 is 0. The van der Waals surface area contributed by atoms with Crippen LogP contribution in [0.3, 0.4) is 0 Å². The van der Waals surface area contributed by atoms with Crippen LogP contribution in [0.15, 0.2) is 0 Å². The molecule has 0 radical (unpaired) electrons. The summed E-state index contributed by atoms with van der Waals surface area (Å²) in [5.41, 5.74) is 0. The number of likely N-dealkylation sites (N-methyl/N-ethyl adjacent to an activating group) is 1. The van der Waals surface area contributed by atoms with Gasteiger partial charge in [0.2, 0.25) is 5.91 Å². The van der Waals surface area contributed by atoms with E-state index in [1.807, 2.05) is 20.9 Å². The van der Waals surface area contributed by atoms with Gasteiger partial charge in [-0.05, 0) is 47.2 Å². The van der Waals surface area contributed by atoms with Crippen molar-refractivity contribution in [3.05, 3.63) is 0 Å². The van der Waals surface area contributed by atoms with Crippen LogP contribution < -0.4 is 5.32 Å². The highest BCUT2D eigenvalue weighted by Crippen LogP contribution is 2.14. The second-order valence-corrected chi connectivity index (χ2v) is 5.53. The fraction of sp³-hybridized carbons (Fsp3) is 0.923.